The predicted octanol–water partition coefficient (Wildman–Crippen LogP) is 2.90. The molecule has 1 aromatic rings. The van der Waals surface area contributed by atoms with E-state index in [-0.39, 0.29) is 11.8 Å². The van der Waals surface area contributed by atoms with E-state index >= 15 is 0 Å². The maximum absolute atomic E-state index is 12.7. The van der Waals surface area contributed by atoms with E-state index in [9.17, 15) is 9.59 Å². The largest absolute Gasteiger partial charge is 0.343 e. The lowest BCUT2D eigenvalue weighted by molar-refractivity contribution is -0.132. The summed E-state index contributed by atoms with van der Waals surface area (Å²) in [6.07, 6.45) is 12.7. The van der Waals surface area contributed by atoms with Crippen LogP contribution in [0, 0.1) is 0 Å². The zero-order chi connectivity index (χ0) is 17.9. The molecular weight excluding hydrogens is 316 g/mol. The number of hydrogen-bond acceptors (Lipinski definition) is 4. The molecule has 0 saturated carbocycles. The number of amides is 2. The van der Waals surface area contributed by atoms with Crippen molar-refractivity contribution in [2.45, 2.75) is 58.3 Å². The second-order valence-electron chi connectivity index (χ2n) is 6.63. The van der Waals surface area contributed by atoms with Crippen LogP contribution in [0.15, 0.2) is 18.6 Å². The normalized spacial score (nSPS) is 14.4. The summed E-state index contributed by atoms with van der Waals surface area (Å²) in [4.78, 5) is 36.9. The SMILES string of the molecule is CCCCCCN(CCC(=O)N1CCCCC1)C(=O)c1cnccn1. The van der Waals surface area contributed by atoms with Gasteiger partial charge in [0.25, 0.3) is 5.91 Å². The van der Waals surface area contributed by atoms with Crippen LogP contribution in [-0.2, 0) is 4.79 Å². The van der Waals surface area contributed by atoms with Gasteiger partial charge in [0, 0.05) is 45.0 Å². The topological polar surface area (TPSA) is 66.4 Å². The number of unbranched alkanes of at least 4 members (excludes halogenated alkanes) is 3. The maximum atomic E-state index is 12.7. The molecule has 2 amide bonds. The number of carbonyl (C=O) groups is 2. The molecule has 1 aliphatic heterocycles. The minimum absolute atomic E-state index is 0.129. The molecule has 2 rings (SSSR count). The van der Waals surface area contributed by atoms with Crippen molar-refractivity contribution < 1.29 is 9.59 Å². The van der Waals surface area contributed by atoms with Gasteiger partial charge in [0.2, 0.25) is 5.91 Å². The lowest BCUT2D eigenvalue weighted by Gasteiger charge is -2.28. The Morgan fingerprint density at radius 3 is 2.56 bits per heavy atom. The minimum Gasteiger partial charge on any atom is -0.343 e. The van der Waals surface area contributed by atoms with Gasteiger partial charge in [0.1, 0.15) is 5.69 Å². The van der Waals surface area contributed by atoms with E-state index in [0.29, 0.717) is 25.2 Å². The first-order valence-electron chi connectivity index (χ1n) is 9.55. The molecule has 1 saturated heterocycles. The average molecular weight is 346 g/mol. The van der Waals surface area contributed by atoms with Crippen molar-refractivity contribution >= 4 is 11.8 Å². The van der Waals surface area contributed by atoms with Crippen LogP contribution in [0.4, 0.5) is 0 Å². The Balaban J connectivity index is 1.91. The summed E-state index contributed by atoms with van der Waals surface area (Å²) in [6, 6.07) is 0. The molecule has 1 fully saturated rings. The first kappa shape index (κ1) is 19.3. The molecule has 6 nitrogen and oxygen atoms in total. The fourth-order valence-corrected chi connectivity index (χ4v) is 3.15. The molecular formula is C19H30N4O2. The Kier molecular flexibility index (Phi) is 8.35. The molecule has 6 heteroatoms. The van der Waals surface area contributed by atoms with E-state index in [1.165, 1.54) is 25.2 Å². The number of rotatable bonds is 9. The fraction of sp³-hybridized carbons (Fsp3) is 0.684. The van der Waals surface area contributed by atoms with Gasteiger partial charge in [-0.3, -0.25) is 14.6 Å². The van der Waals surface area contributed by atoms with E-state index in [2.05, 4.69) is 16.9 Å². The van der Waals surface area contributed by atoms with Gasteiger partial charge in [-0.25, -0.2) is 4.98 Å². The third-order valence-corrected chi connectivity index (χ3v) is 4.66. The van der Waals surface area contributed by atoms with Gasteiger partial charge >= 0.3 is 0 Å². The van der Waals surface area contributed by atoms with Crippen LogP contribution in [0.25, 0.3) is 0 Å². The molecule has 138 valence electrons. The monoisotopic (exact) mass is 346 g/mol. The highest BCUT2D eigenvalue weighted by molar-refractivity contribution is 5.92. The van der Waals surface area contributed by atoms with Gasteiger partial charge in [0.05, 0.1) is 6.20 Å². The van der Waals surface area contributed by atoms with Gasteiger partial charge in [-0.1, -0.05) is 26.2 Å². The van der Waals surface area contributed by atoms with Crippen molar-refractivity contribution in [3.8, 4) is 0 Å². The summed E-state index contributed by atoms with van der Waals surface area (Å²) >= 11 is 0. The van der Waals surface area contributed by atoms with Gasteiger partial charge < -0.3 is 9.80 Å². The molecule has 0 spiro atoms. The molecule has 0 aliphatic carbocycles. The highest BCUT2D eigenvalue weighted by atomic mass is 16.2. The zero-order valence-electron chi connectivity index (χ0n) is 15.3. The summed E-state index contributed by atoms with van der Waals surface area (Å²) in [5.74, 6) is 0.0289. The quantitative estimate of drug-likeness (QED) is 0.645. The van der Waals surface area contributed by atoms with Gasteiger partial charge in [-0.2, -0.15) is 0 Å². The molecule has 0 unspecified atom stereocenters. The van der Waals surface area contributed by atoms with Crippen LogP contribution >= 0.6 is 0 Å². The second kappa shape index (κ2) is 10.8. The number of likely N-dealkylation sites (tertiary alicyclic amines) is 1. The third kappa shape index (κ3) is 6.44. The number of hydrogen-bond donors (Lipinski definition) is 0. The summed E-state index contributed by atoms with van der Waals surface area (Å²) in [6.45, 7) is 5.00. The van der Waals surface area contributed by atoms with Crippen molar-refractivity contribution in [2.75, 3.05) is 26.2 Å². The van der Waals surface area contributed by atoms with Gasteiger partial charge in [-0.05, 0) is 25.7 Å². The summed E-state index contributed by atoms with van der Waals surface area (Å²) in [5, 5.41) is 0. The smallest absolute Gasteiger partial charge is 0.274 e. The van der Waals surface area contributed by atoms with Crippen LogP contribution in [0.3, 0.4) is 0 Å². The van der Waals surface area contributed by atoms with Crippen molar-refractivity contribution in [3.63, 3.8) is 0 Å². The molecule has 0 radical (unpaired) electrons. The Morgan fingerprint density at radius 2 is 1.88 bits per heavy atom. The lowest BCUT2D eigenvalue weighted by Crippen LogP contribution is -2.39. The third-order valence-electron chi connectivity index (χ3n) is 4.66. The lowest BCUT2D eigenvalue weighted by atomic mass is 10.1. The highest BCUT2D eigenvalue weighted by Crippen LogP contribution is 2.11. The number of nitrogens with zero attached hydrogens (tertiary/aromatic N) is 4. The Bertz CT molecular complexity index is 529. The molecule has 1 aliphatic rings. The van der Waals surface area contributed by atoms with E-state index in [1.54, 1.807) is 11.1 Å². The first-order chi connectivity index (χ1) is 12.2. The molecule has 0 aromatic carbocycles. The Morgan fingerprint density at radius 1 is 1.08 bits per heavy atom. The van der Waals surface area contributed by atoms with Gasteiger partial charge in [-0.15, -0.1) is 0 Å². The van der Waals surface area contributed by atoms with Crippen molar-refractivity contribution in [1.29, 1.82) is 0 Å². The molecule has 0 bridgehead atoms. The average Bonchev–Trinajstić information content (AvgIpc) is 2.68. The molecule has 2 heterocycles. The first-order valence-corrected chi connectivity index (χ1v) is 9.55. The highest BCUT2D eigenvalue weighted by Gasteiger charge is 2.21. The standard InChI is InChI=1S/C19H30N4O2/c1-2-3-4-6-14-23(19(25)17-16-20-10-11-21-17)15-9-18(24)22-12-7-5-8-13-22/h10-11,16H,2-9,12-15H2,1H3. The number of piperidine rings is 1. The van der Waals surface area contributed by atoms with Crippen LogP contribution < -0.4 is 0 Å². The van der Waals surface area contributed by atoms with Crippen molar-refractivity contribution in [1.82, 2.24) is 19.8 Å². The Hall–Kier alpha value is -1.98. The van der Waals surface area contributed by atoms with Crippen molar-refractivity contribution in [3.05, 3.63) is 24.3 Å². The Labute approximate surface area is 150 Å². The maximum Gasteiger partial charge on any atom is 0.274 e. The van der Waals surface area contributed by atoms with Crippen molar-refractivity contribution in [2.24, 2.45) is 0 Å². The van der Waals surface area contributed by atoms with Crippen LogP contribution in [0.2, 0.25) is 0 Å². The fourth-order valence-electron chi connectivity index (χ4n) is 3.15. The number of carbonyl (C=O) groups excluding carboxylic acids is 2. The summed E-state index contributed by atoms with van der Waals surface area (Å²) < 4.78 is 0. The van der Waals surface area contributed by atoms with E-state index in [1.807, 2.05) is 4.90 Å². The van der Waals surface area contributed by atoms with E-state index < -0.39 is 0 Å². The van der Waals surface area contributed by atoms with E-state index in [4.69, 9.17) is 0 Å². The predicted molar refractivity (Wildman–Crippen MR) is 97.1 cm³/mol. The van der Waals surface area contributed by atoms with Crippen LogP contribution in [0.5, 0.6) is 0 Å². The van der Waals surface area contributed by atoms with Crippen LogP contribution in [-0.4, -0.2) is 57.8 Å². The zero-order valence-corrected chi connectivity index (χ0v) is 15.3. The molecule has 0 atom stereocenters. The molecule has 0 N–H and O–H groups in total. The minimum atomic E-state index is -0.129. The summed E-state index contributed by atoms with van der Waals surface area (Å²) in [7, 11) is 0. The number of aromatic nitrogens is 2. The van der Waals surface area contributed by atoms with Crippen LogP contribution in [0.1, 0.15) is 68.8 Å². The summed E-state index contributed by atoms with van der Waals surface area (Å²) in [5.41, 5.74) is 0.350. The second-order valence-corrected chi connectivity index (χ2v) is 6.63. The van der Waals surface area contributed by atoms with E-state index in [0.717, 1.165) is 45.2 Å². The van der Waals surface area contributed by atoms with Gasteiger partial charge in [0.15, 0.2) is 0 Å². The molecule has 1 aromatic heterocycles. The molecule has 25 heavy (non-hydrogen) atoms.